The van der Waals surface area contributed by atoms with E-state index in [9.17, 15) is 9.59 Å². The fraction of sp³-hybridized carbons (Fsp3) is 0.385. The largest absolute Gasteiger partial charge is 0.399 e. The summed E-state index contributed by atoms with van der Waals surface area (Å²) in [5.41, 5.74) is 11.6. The van der Waals surface area contributed by atoms with Crippen molar-refractivity contribution < 1.29 is 9.59 Å². The van der Waals surface area contributed by atoms with Crippen molar-refractivity contribution in [2.45, 2.75) is 25.3 Å². The molecule has 20 heavy (non-hydrogen) atoms. The lowest BCUT2D eigenvalue weighted by Crippen LogP contribution is -2.50. The quantitative estimate of drug-likeness (QED) is 0.818. The molecule has 0 bridgehead atoms. The van der Waals surface area contributed by atoms with E-state index < -0.39 is 11.9 Å². The highest BCUT2D eigenvalue weighted by atomic mass is 35.5. The van der Waals surface area contributed by atoms with Crippen molar-refractivity contribution in [1.82, 2.24) is 4.90 Å². The second-order valence-corrected chi connectivity index (χ2v) is 5.56. The molecular weight excluding hydrogens is 301 g/mol. The fourth-order valence-electron chi connectivity index (χ4n) is 2.39. The van der Waals surface area contributed by atoms with Gasteiger partial charge in [-0.3, -0.25) is 9.59 Å². The number of likely N-dealkylation sites (tertiary alicyclic amines) is 1. The molecule has 108 valence electrons. The normalized spacial score (nSPS) is 18.9. The molecule has 1 aliphatic heterocycles. The number of hydrogen-bond donors (Lipinski definition) is 2. The molecule has 7 heteroatoms. The Balaban J connectivity index is 2.37. The molecule has 1 atom stereocenters. The summed E-state index contributed by atoms with van der Waals surface area (Å²) in [7, 11) is 0. The first kappa shape index (κ1) is 14.9. The molecule has 0 radical (unpaired) electrons. The van der Waals surface area contributed by atoms with E-state index in [1.54, 1.807) is 0 Å². The first-order valence-corrected chi connectivity index (χ1v) is 7.02. The van der Waals surface area contributed by atoms with Crippen molar-refractivity contribution in [1.29, 1.82) is 0 Å². The van der Waals surface area contributed by atoms with E-state index in [2.05, 4.69) is 0 Å². The van der Waals surface area contributed by atoms with Gasteiger partial charge in [-0.2, -0.15) is 0 Å². The van der Waals surface area contributed by atoms with Crippen molar-refractivity contribution in [3.8, 4) is 0 Å². The van der Waals surface area contributed by atoms with Gasteiger partial charge in [-0.25, -0.2) is 0 Å². The fourth-order valence-corrected chi connectivity index (χ4v) is 2.81. The molecule has 1 aliphatic rings. The van der Waals surface area contributed by atoms with E-state index in [1.165, 1.54) is 17.0 Å². The topological polar surface area (TPSA) is 89.4 Å². The predicted octanol–water partition coefficient (Wildman–Crippen LogP) is 2.06. The van der Waals surface area contributed by atoms with E-state index >= 15 is 0 Å². The van der Waals surface area contributed by atoms with E-state index in [1.807, 2.05) is 0 Å². The van der Waals surface area contributed by atoms with Crippen LogP contribution in [-0.2, 0) is 4.79 Å². The number of rotatable bonds is 2. The van der Waals surface area contributed by atoms with Gasteiger partial charge in [-0.1, -0.05) is 23.2 Å². The van der Waals surface area contributed by atoms with Crippen LogP contribution in [0.3, 0.4) is 0 Å². The monoisotopic (exact) mass is 315 g/mol. The van der Waals surface area contributed by atoms with Crippen LogP contribution in [0.25, 0.3) is 0 Å². The average Bonchev–Trinajstić information content (AvgIpc) is 2.42. The van der Waals surface area contributed by atoms with Crippen molar-refractivity contribution in [2.75, 3.05) is 12.3 Å². The molecule has 4 N–H and O–H groups in total. The van der Waals surface area contributed by atoms with E-state index in [0.29, 0.717) is 18.7 Å². The van der Waals surface area contributed by atoms with Crippen LogP contribution in [0.4, 0.5) is 5.69 Å². The number of halogens is 2. The first-order chi connectivity index (χ1) is 9.41. The van der Waals surface area contributed by atoms with Crippen LogP contribution in [0.5, 0.6) is 0 Å². The number of carbonyl (C=O) groups excluding carboxylic acids is 2. The van der Waals surface area contributed by atoms with Gasteiger partial charge < -0.3 is 16.4 Å². The van der Waals surface area contributed by atoms with Crippen LogP contribution < -0.4 is 11.5 Å². The third-order valence-electron chi connectivity index (χ3n) is 3.37. The zero-order valence-corrected chi connectivity index (χ0v) is 12.2. The summed E-state index contributed by atoms with van der Waals surface area (Å²) < 4.78 is 0. The summed E-state index contributed by atoms with van der Waals surface area (Å²) in [6, 6.07) is 2.33. The van der Waals surface area contributed by atoms with Crippen LogP contribution >= 0.6 is 23.2 Å². The van der Waals surface area contributed by atoms with Crippen LogP contribution in [-0.4, -0.2) is 29.3 Å². The van der Waals surface area contributed by atoms with Crippen molar-refractivity contribution in [2.24, 2.45) is 5.73 Å². The average molecular weight is 316 g/mol. The highest BCUT2D eigenvalue weighted by molar-refractivity contribution is 6.44. The molecular formula is C13H15Cl2N3O2. The van der Waals surface area contributed by atoms with Crippen LogP contribution in [0, 0.1) is 0 Å². The number of primary amides is 1. The van der Waals surface area contributed by atoms with Gasteiger partial charge in [0.1, 0.15) is 6.04 Å². The third-order valence-corrected chi connectivity index (χ3v) is 4.18. The number of hydrogen-bond acceptors (Lipinski definition) is 3. The molecule has 1 aromatic carbocycles. The minimum atomic E-state index is -0.604. The number of anilines is 1. The summed E-state index contributed by atoms with van der Waals surface area (Å²) in [5.74, 6) is -0.878. The Labute approximate surface area is 126 Å². The molecule has 2 rings (SSSR count). The molecule has 5 nitrogen and oxygen atoms in total. The molecule has 0 aromatic heterocycles. The zero-order chi connectivity index (χ0) is 14.9. The van der Waals surface area contributed by atoms with Gasteiger partial charge in [0, 0.05) is 12.2 Å². The number of amides is 2. The van der Waals surface area contributed by atoms with E-state index in [0.717, 1.165) is 12.8 Å². The second-order valence-electron chi connectivity index (χ2n) is 4.78. The van der Waals surface area contributed by atoms with Gasteiger partial charge in [0.15, 0.2) is 0 Å². The van der Waals surface area contributed by atoms with E-state index in [4.69, 9.17) is 34.7 Å². The number of benzene rings is 1. The number of carbonyl (C=O) groups is 2. The van der Waals surface area contributed by atoms with Crippen molar-refractivity contribution >= 4 is 40.7 Å². The molecule has 1 fully saturated rings. The Kier molecular flexibility index (Phi) is 4.40. The van der Waals surface area contributed by atoms with Crippen LogP contribution in [0.15, 0.2) is 12.1 Å². The molecule has 1 aromatic rings. The Morgan fingerprint density at radius 1 is 1.25 bits per heavy atom. The standard InChI is InChI=1S/C13H15Cl2N3O2/c14-9-6-7(16)5-8(11(9)15)13(20)18-4-2-1-3-10(18)12(17)19/h5-6,10H,1-4,16H2,(H2,17,19). The van der Waals surface area contributed by atoms with Gasteiger partial charge in [-0.15, -0.1) is 0 Å². The van der Waals surface area contributed by atoms with Crippen LogP contribution in [0.2, 0.25) is 10.0 Å². The third kappa shape index (κ3) is 2.83. The zero-order valence-electron chi connectivity index (χ0n) is 10.7. The number of nitrogens with zero attached hydrogens (tertiary/aromatic N) is 1. The molecule has 2 amide bonds. The maximum Gasteiger partial charge on any atom is 0.256 e. The maximum absolute atomic E-state index is 12.6. The molecule has 1 unspecified atom stereocenters. The van der Waals surface area contributed by atoms with Gasteiger partial charge >= 0.3 is 0 Å². The SMILES string of the molecule is NC(=O)C1CCCCN1C(=O)c1cc(N)cc(Cl)c1Cl. The Bertz CT molecular complexity index is 563. The molecule has 1 heterocycles. The second kappa shape index (κ2) is 5.89. The first-order valence-electron chi connectivity index (χ1n) is 6.26. The highest BCUT2D eigenvalue weighted by Crippen LogP contribution is 2.31. The Hall–Kier alpha value is -1.46. The summed E-state index contributed by atoms with van der Waals surface area (Å²) >= 11 is 12.0. The number of nitrogen functional groups attached to an aromatic ring is 1. The smallest absolute Gasteiger partial charge is 0.256 e. The predicted molar refractivity (Wildman–Crippen MR) is 78.7 cm³/mol. The lowest BCUT2D eigenvalue weighted by atomic mass is 10.00. The van der Waals surface area contributed by atoms with Crippen molar-refractivity contribution in [3.63, 3.8) is 0 Å². The van der Waals surface area contributed by atoms with Gasteiger partial charge in [0.2, 0.25) is 5.91 Å². The summed E-state index contributed by atoms with van der Waals surface area (Å²) in [6.45, 7) is 0.467. The number of nitrogens with two attached hydrogens (primary N) is 2. The molecule has 0 saturated carbocycles. The van der Waals surface area contributed by atoms with Gasteiger partial charge in [0.25, 0.3) is 5.91 Å². The van der Waals surface area contributed by atoms with Crippen LogP contribution in [0.1, 0.15) is 29.6 Å². The minimum absolute atomic E-state index is 0.139. The van der Waals surface area contributed by atoms with E-state index in [-0.39, 0.29) is 21.5 Å². The summed E-state index contributed by atoms with van der Waals surface area (Å²) in [6.07, 6.45) is 2.25. The summed E-state index contributed by atoms with van der Waals surface area (Å²) in [5, 5.41) is 0.349. The summed E-state index contributed by atoms with van der Waals surface area (Å²) in [4.78, 5) is 25.5. The van der Waals surface area contributed by atoms with Gasteiger partial charge in [-0.05, 0) is 31.4 Å². The highest BCUT2D eigenvalue weighted by Gasteiger charge is 2.32. The Morgan fingerprint density at radius 2 is 1.95 bits per heavy atom. The number of piperidine rings is 1. The lowest BCUT2D eigenvalue weighted by molar-refractivity contribution is -0.123. The maximum atomic E-state index is 12.6. The Morgan fingerprint density at radius 3 is 2.60 bits per heavy atom. The molecule has 0 spiro atoms. The van der Waals surface area contributed by atoms with Gasteiger partial charge in [0.05, 0.1) is 15.6 Å². The lowest BCUT2D eigenvalue weighted by Gasteiger charge is -2.34. The molecule has 0 aliphatic carbocycles. The molecule has 1 saturated heterocycles. The minimum Gasteiger partial charge on any atom is -0.399 e. The van der Waals surface area contributed by atoms with Crippen molar-refractivity contribution in [3.05, 3.63) is 27.7 Å².